The molecule has 1 aliphatic carbocycles. The molecule has 0 saturated carbocycles. The van der Waals surface area contributed by atoms with Crippen molar-refractivity contribution in [1.82, 2.24) is 20.3 Å². The molecule has 1 saturated heterocycles. The molecule has 188 valence electrons. The Bertz CT molecular complexity index is 1450. The van der Waals surface area contributed by atoms with Gasteiger partial charge in [-0.05, 0) is 83.9 Å². The third-order valence-corrected chi connectivity index (χ3v) is 8.81. The highest BCUT2D eigenvalue weighted by Gasteiger charge is 2.48. The van der Waals surface area contributed by atoms with Crippen molar-refractivity contribution in [2.24, 2.45) is 5.41 Å². The molecule has 2 aromatic heterocycles. The largest absolute Gasteiger partial charge is 0.438 e. The predicted octanol–water partition coefficient (Wildman–Crippen LogP) is 6.17. The fourth-order valence-electron chi connectivity index (χ4n) is 6.35. The summed E-state index contributed by atoms with van der Waals surface area (Å²) < 4.78 is 12.0. The maximum absolute atomic E-state index is 12.9. The average Bonchev–Trinajstić information content (AvgIpc) is 3.61. The van der Waals surface area contributed by atoms with Gasteiger partial charge >= 0.3 is 0 Å². The van der Waals surface area contributed by atoms with E-state index in [-0.39, 0.29) is 22.8 Å². The summed E-state index contributed by atoms with van der Waals surface area (Å²) in [6, 6.07) is 9.99. The minimum atomic E-state index is -0.132. The number of aromatic amines is 1. The van der Waals surface area contributed by atoms with Gasteiger partial charge in [0.05, 0.1) is 17.4 Å². The number of oxazole rings is 1. The molecule has 4 aromatic rings. The van der Waals surface area contributed by atoms with Crippen LogP contribution in [0, 0.1) is 5.41 Å². The molecule has 0 radical (unpaired) electrons. The summed E-state index contributed by atoms with van der Waals surface area (Å²) in [6.07, 6.45) is 5.52. The first-order valence-electron chi connectivity index (χ1n) is 13.0. The molecule has 2 aromatic carbocycles. The van der Waals surface area contributed by atoms with E-state index in [2.05, 4.69) is 55.1 Å². The van der Waals surface area contributed by atoms with Crippen molar-refractivity contribution >= 4 is 28.0 Å². The van der Waals surface area contributed by atoms with Gasteiger partial charge in [0.1, 0.15) is 11.6 Å². The fraction of sp³-hybridized carbons (Fsp3) is 0.483. The second-order valence-electron chi connectivity index (χ2n) is 11.4. The van der Waals surface area contributed by atoms with E-state index in [1.807, 2.05) is 18.2 Å². The average molecular weight is 487 g/mol. The Kier molecular flexibility index (Phi) is 5.45. The van der Waals surface area contributed by atoms with E-state index in [1.165, 1.54) is 11.1 Å². The molecule has 7 nitrogen and oxygen atoms in total. The van der Waals surface area contributed by atoms with E-state index in [0.717, 1.165) is 54.4 Å². The lowest BCUT2D eigenvalue weighted by molar-refractivity contribution is 0.0906. The Hall–Kier alpha value is -3.19. The smallest absolute Gasteiger partial charge is 0.251 e. The Morgan fingerprint density at radius 1 is 1.19 bits per heavy atom. The van der Waals surface area contributed by atoms with Crippen molar-refractivity contribution in [3.63, 3.8) is 0 Å². The molecule has 3 atom stereocenters. The van der Waals surface area contributed by atoms with Gasteiger partial charge in [0.15, 0.2) is 5.58 Å². The number of H-pyrrole nitrogens is 1. The number of imidazole rings is 1. The summed E-state index contributed by atoms with van der Waals surface area (Å²) in [5, 5.41) is 3.16. The number of nitrogens with one attached hydrogen (secondary N) is 2. The Morgan fingerprint density at radius 3 is 2.86 bits per heavy atom. The number of hydrogen-bond acceptors (Lipinski definition) is 5. The standard InChI is InChI=1S/C29H34N4O3/c1-17-15-28(2,3)29(4,9-10-30-26(34)18-7-8-21-22(12-18)32-16-31-21)20-14-23-25(13-19(17)20)36-27(33-23)24-6-5-11-35-24/h7-8,12-14,16-17,24H,5-6,9-11,15H2,1-4H3,(H,30,34)(H,31,32)/t17?,24?,29-/m0/s1. The molecule has 0 spiro atoms. The zero-order chi connectivity index (χ0) is 25.1. The summed E-state index contributed by atoms with van der Waals surface area (Å²) in [5.74, 6) is 1.05. The normalized spacial score (nSPS) is 25.3. The number of aromatic nitrogens is 3. The monoisotopic (exact) mass is 486 g/mol. The lowest BCUT2D eigenvalue weighted by Gasteiger charge is -2.51. The minimum absolute atomic E-state index is 0.0362. The van der Waals surface area contributed by atoms with Gasteiger partial charge in [-0.3, -0.25) is 4.79 Å². The van der Waals surface area contributed by atoms with Crippen molar-refractivity contribution in [3.8, 4) is 0 Å². The van der Waals surface area contributed by atoms with Gasteiger partial charge in [-0.1, -0.05) is 27.7 Å². The number of carbonyl (C=O) groups is 1. The SMILES string of the molecule is CC1CC(C)(C)[C@@](C)(CCNC(=O)c2ccc3nc[nH]c3c2)c2cc3nc(C4CCCO4)oc3cc21. The second kappa shape index (κ2) is 8.44. The number of rotatable bonds is 5. The van der Waals surface area contributed by atoms with Crippen molar-refractivity contribution in [2.45, 2.75) is 70.8 Å². The lowest BCUT2D eigenvalue weighted by atomic mass is 9.53. The number of carbonyl (C=O) groups excluding carboxylic acids is 1. The summed E-state index contributed by atoms with van der Waals surface area (Å²) in [4.78, 5) is 25.1. The molecular weight excluding hydrogens is 452 g/mol. The zero-order valence-electron chi connectivity index (χ0n) is 21.5. The maximum Gasteiger partial charge on any atom is 0.251 e. The third-order valence-electron chi connectivity index (χ3n) is 8.81. The molecule has 3 heterocycles. The molecule has 2 unspecified atom stereocenters. The topological polar surface area (TPSA) is 93.0 Å². The zero-order valence-corrected chi connectivity index (χ0v) is 21.5. The van der Waals surface area contributed by atoms with Crippen LogP contribution in [0.5, 0.6) is 0 Å². The summed E-state index contributed by atoms with van der Waals surface area (Å²) in [5.41, 5.74) is 6.66. The van der Waals surface area contributed by atoms with Crippen LogP contribution >= 0.6 is 0 Å². The molecule has 1 aliphatic heterocycles. The first-order valence-corrected chi connectivity index (χ1v) is 13.0. The molecule has 2 N–H and O–H groups in total. The Labute approximate surface area is 211 Å². The van der Waals surface area contributed by atoms with Crippen LogP contribution in [-0.4, -0.2) is 34.0 Å². The third kappa shape index (κ3) is 3.72. The van der Waals surface area contributed by atoms with Gasteiger partial charge < -0.3 is 19.5 Å². The summed E-state index contributed by atoms with van der Waals surface area (Å²) in [6.45, 7) is 10.7. The van der Waals surface area contributed by atoms with Gasteiger partial charge in [0.2, 0.25) is 5.89 Å². The molecule has 36 heavy (non-hydrogen) atoms. The van der Waals surface area contributed by atoms with Crippen molar-refractivity contribution in [2.75, 3.05) is 13.2 Å². The van der Waals surface area contributed by atoms with Crippen LogP contribution < -0.4 is 5.32 Å². The predicted molar refractivity (Wildman–Crippen MR) is 139 cm³/mol. The van der Waals surface area contributed by atoms with Gasteiger partial charge in [-0.25, -0.2) is 9.97 Å². The number of ether oxygens (including phenoxy) is 1. The van der Waals surface area contributed by atoms with Crippen LogP contribution in [0.3, 0.4) is 0 Å². The van der Waals surface area contributed by atoms with Crippen LogP contribution in [0.15, 0.2) is 41.1 Å². The van der Waals surface area contributed by atoms with E-state index in [0.29, 0.717) is 23.9 Å². The van der Waals surface area contributed by atoms with Crippen LogP contribution in [0.1, 0.15) is 92.8 Å². The van der Waals surface area contributed by atoms with Gasteiger partial charge in [-0.15, -0.1) is 0 Å². The second-order valence-corrected chi connectivity index (χ2v) is 11.4. The van der Waals surface area contributed by atoms with Crippen molar-refractivity contribution < 1.29 is 13.9 Å². The number of hydrogen-bond donors (Lipinski definition) is 2. The highest BCUT2D eigenvalue weighted by molar-refractivity contribution is 5.97. The molecular formula is C29H34N4O3. The quantitative estimate of drug-likeness (QED) is 0.352. The Balaban J connectivity index is 1.28. The van der Waals surface area contributed by atoms with Crippen LogP contribution in [0.25, 0.3) is 22.1 Å². The van der Waals surface area contributed by atoms with E-state index < -0.39 is 0 Å². The highest BCUT2D eigenvalue weighted by Crippen LogP contribution is 2.56. The van der Waals surface area contributed by atoms with Gasteiger partial charge in [0, 0.05) is 18.7 Å². The van der Waals surface area contributed by atoms with Crippen molar-refractivity contribution in [3.05, 3.63) is 59.2 Å². The lowest BCUT2D eigenvalue weighted by Crippen LogP contribution is -2.46. The molecule has 6 rings (SSSR count). The molecule has 0 bridgehead atoms. The highest BCUT2D eigenvalue weighted by atomic mass is 16.5. The molecule has 1 fully saturated rings. The summed E-state index contributed by atoms with van der Waals surface area (Å²) in [7, 11) is 0. The molecule has 7 heteroatoms. The fourth-order valence-corrected chi connectivity index (χ4v) is 6.35. The first kappa shape index (κ1) is 23.2. The van der Waals surface area contributed by atoms with Crippen molar-refractivity contribution in [1.29, 1.82) is 0 Å². The summed E-state index contributed by atoms with van der Waals surface area (Å²) >= 11 is 0. The molecule has 1 amide bonds. The molecule has 2 aliphatic rings. The number of benzene rings is 2. The minimum Gasteiger partial charge on any atom is -0.438 e. The van der Waals surface area contributed by atoms with E-state index >= 15 is 0 Å². The van der Waals surface area contributed by atoms with E-state index in [1.54, 1.807) is 6.33 Å². The number of fused-ring (bicyclic) bond motifs is 3. The first-order chi connectivity index (χ1) is 17.2. The number of amides is 1. The van der Waals surface area contributed by atoms with Gasteiger partial charge in [0.25, 0.3) is 5.91 Å². The van der Waals surface area contributed by atoms with Gasteiger partial charge in [-0.2, -0.15) is 0 Å². The Morgan fingerprint density at radius 2 is 2.06 bits per heavy atom. The van der Waals surface area contributed by atoms with Crippen LogP contribution in [-0.2, 0) is 10.2 Å². The van der Waals surface area contributed by atoms with Crippen LogP contribution in [0.2, 0.25) is 0 Å². The van der Waals surface area contributed by atoms with E-state index in [9.17, 15) is 4.79 Å². The maximum atomic E-state index is 12.9. The van der Waals surface area contributed by atoms with E-state index in [4.69, 9.17) is 14.1 Å². The van der Waals surface area contributed by atoms with Crippen LogP contribution in [0.4, 0.5) is 0 Å². The number of nitrogens with zero attached hydrogens (tertiary/aromatic N) is 2.